The third-order valence-corrected chi connectivity index (χ3v) is 2.83. The van der Waals surface area contributed by atoms with Gasteiger partial charge < -0.3 is 14.2 Å². The van der Waals surface area contributed by atoms with Crippen LogP contribution in [0.3, 0.4) is 0 Å². The average molecular weight is 289 g/mol. The zero-order chi connectivity index (χ0) is 15.1. The summed E-state index contributed by atoms with van der Waals surface area (Å²) in [5, 5.41) is 0. The molecule has 5 nitrogen and oxygen atoms in total. The van der Waals surface area contributed by atoms with E-state index in [1.54, 1.807) is 6.92 Å². The van der Waals surface area contributed by atoms with E-state index in [2.05, 4.69) is 11.6 Å². The van der Waals surface area contributed by atoms with Crippen molar-refractivity contribution in [1.82, 2.24) is 0 Å². The molecule has 0 fully saturated rings. The van der Waals surface area contributed by atoms with Gasteiger partial charge in [-0.3, -0.25) is 4.99 Å². The minimum atomic E-state index is -0.401. The third-order valence-electron chi connectivity index (χ3n) is 2.83. The van der Waals surface area contributed by atoms with Gasteiger partial charge in [-0.05, 0) is 31.2 Å². The normalized spacial score (nSPS) is 13.9. The standard InChI is InChI=1S/C16H19NO4/c1-12(2)16(18)21-11-10-19-14-6-4-13(5-7-14)15-17-8-3-9-20-15/h4-7H,1,3,8-11H2,2H3. The summed E-state index contributed by atoms with van der Waals surface area (Å²) in [5.74, 6) is 0.992. The van der Waals surface area contributed by atoms with Crippen molar-refractivity contribution in [3.05, 3.63) is 42.0 Å². The second-order valence-corrected chi connectivity index (χ2v) is 4.68. The van der Waals surface area contributed by atoms with Gasteiger partial charge in [-0.2, -0.15) is 0 Å². The largest absolute Gasteiger partial charge is 0.490 e. The van der Waals surface area contributed by atoms with Crippen LogP contribution in [0.5, 0.6) is 5.75 Å². The molecule has 1 aliphatic heterocycles. The van der Waals surface area contributed by atoms with E-state index in [-0.39, 0.29) is 6.61 Å². The van der Waals surface area contributed by atoms with Crippen molar-refractivity contribution < 1.29 is 19.0 Å². The summed E-state index contributed by atoms with van der Waals surface area (Å²) in [6, 6.07) is 7.49. The first-order chi connectivity index (χ1) is 10.2. The number of nitrogens with zero attached hydrogens (tertiary/aromatic N) is 1. The van der Waals surface area contributed by atoms with Crippen LogP contribution in [0.1, 0.15) is 18.9 Å². The van der Waals surface area contributed by atoms with E-state index < -0.39 is 5.97 Å². The molecule has 0 amide bonds. The summed E-state index contributed by atoms with van der Waals surface area (Å²) in [4.78, 5) is 15.5. The van der Waals surface area contributed by atoms with Crippen molar-refractivity contribution >= 4 is 11.9 Å². The molecule has 5 heteroatoms. The van der Waals surface area contributed by atoms with Crippen LogP contribution in [0.25, 0.3) is 0 Å². The molecule has 0 N–H and O–H groups in total. The molecule has 0 atom stereocenters. The number of hydrogen-bond acceptors (Lipinski definition) is 5. The van der Waals surface area contributed by atoms with Gasteiger partial charge in [0.05, 0.1) is 6.61 Å². The van der Waals surface area contributed by atoms with E-state index in [1.165, 1.54) is 0 Å². The lowest BCUT2D eigenvalue weighted by molar-refractivity contribution is -0.139. The Morgan fingerprint density at radius 2 is 2.10 bits per heavy atom. The van der Waals surface area contributed by atoms with Crippen LogP contribution in [-0.4, -0.2) is 38.2 Å². The Morgan fingerprint density at radius 1 is 1.33 bits per heavy atom. The van der Waals surface area contributed by atoms with Gasteiger partial charge in [0.2, 0.25) is 5.90 Å². The van der Waals surface area contributed by atoms with Crippen LogP contribution in [0, 0.1) is 0 Å². The molecule has 0 spiro atoms. The molecule has 0 saturated heterocycles. The molecule has 0 bridgehead atoms. The topological polar surface area (TPSA) is 57.1 Å². The van der Waals surface area contributed by atoms with Crippen molar-refractivity contribution in [3.8, 4) is 5.75 Å². The lowest BCUT2D eigenvalue weighted by atomic mass is 10.2. The summed E-state index contributed by atoms with van der Waals surface area (Å²) in [6.45, 7) is 7.14. The zero-order valence-corrected chi connectivity index (χ0v) is 12.1. The predicted molar refractivity (Wildman–Crippen MR) is 79.7 cm³/mol. The van der Waals surface area contributed by atoms with E-state index in [1.807, 2.05) is 24.3 Å². The van der Waals surface area contributed by atoms with Crippen LogP contribution in [0.15, 0.2) is 41.4 Å². The number of benzene rings is 1. The van der Waals surface area contributed by atoms with Gasteiger partial charge in [0.1, 0.15) is 19.0 Å². The van der Waals surface area contributed by atoms with Gasteiger partial charge in [-0.25, -0.2) is 4.79 Å². The molecule has 112 valence electrons. The number of carbonyl (C=O) groups excluding carboxylic acids is 1. The van der Waals surface area contributed by atoms with Gasteiger partial charge in [-0.1, -0.05) is 6.58 Å². The summed E-state index contributed by atoms with van der Waals surface area (Å²) >= 11 is 0. The molecular weight excluding hydrogens is 270 g/mol. The number of carbonyl (C=O) groups is 1. The smallest absolute Gasteiger partial charge is 0.333 e. The summed E-state index contributed by atoms with van der Waals surface area (Å²) in [5.41, 5.74) is 1.32. The number of esters is 1. The fourth-order valence-corrected chi connectivity index (χ4v) is 1.75. The first kappa shape index (κ1) is 15.1. The quantitative estimate of drug-likeness (QED) is 0.458. The molecule has 0 aliphatic carbocycles. The first-order valence-corrected chi connectivity index (χ1v) is 6.90. The number of aliphatic imine (C=N–C) groups is 1. The lowest BCUT2D eigenvalue weighted by Gasteiger charge is -2.14. The van der Waals surface area contributed by atoms with Crippen molar-refractivity contribution in [2.75, 3.05) is 26.4 Å². The third kappa shape index (κ3) is 4.63. The van der Waals surface area contributed by atoms with Crippen molar-refractivity contribution in [1.29, 1.82) is 0 Å². The van der Waals surface area contributed by atoms with E-state index in [0.29, 0.717) is 30.4 Å². The first-order valence-electron chi connectivity index (χ1n) is 6.90. The molecule has 0 radical (unpaired) electrons. The Bertz CT molecular complexity index is 534. The SMILES string of the molecule is C=C(C)C(=O)OCCOc1ccc(C2=NCCCO2)cc1. The summed E-state index contributed by atoms with van der Waals surface area (Å²) in [7, 11) is 0. The molecule has 0 aromatic heterocycles. The molecule has 1 heterocycles. The van der Waals surface area contributed by atoms with Crippen LogP contribution in [0.4, 0.5) is 0 Å². The van der Waals surface area contributed by atoms with E-state index in [9.17, 15) is 4.79 Å². The minimum Gasteiger partial charge on any atom is -0.490 e. The lowest BCUT2D eigenvalue weighted by Crippen LogP contribution is -2.14. The second-order valence-electron chi connectivity index (χ2n) is 4.68. The Kier molecular flexibility index (Phi) is 5.37. The van der Waals surface area contributed by atoms with E-state index >= 15 is 0 Å². The molecule has 0 unspecified atom stereocenters. The number of hydrogen-bond donors (Lipinski definition) is 0. The molecule has 1 aromatic rings. The van der Waals surface area contributed by atoms with Gasteiger partial charge in [0, 0.05) is 24.1 Å². The summed E-state index contributed by atoms with van der Waals surface area (Å²) < 4.78 is 15.9. The van der Waals surface area contributed by atoms with Crippen LogP contribution >= 0.6 is 0 Å². The van der Waals surface area contributed by atoms with Crippen molar-refractivity contribution in [2.24, 2.45) is 4.99 Å². The Balaban J connectivity index is 1.78. The Morgan fingerprint density at radius 3 is 2.71 bits per heavy atom. The van der Waals surface area contributed by atoms with Crippen molar-refractivity contribution in [2.45, 2.75) is 13.3 Å². The monoisotopic (exact) mass is 289 g/mol. The fourth-order valence-electron chi connectivity index (χ4n) is 1.75. The zero-order valence-electron chi connectivity index (χ0n) is 12.1. The van der Waals surface area contributed by atoms with Crippen LogP contribution in [0.2, 0.25) is 0 Å². The molecule has 0 saturated carbocycles. The molecule has 1 aromatic carbocycles. The van der Waals surface area contributed by atoms with Crippen LogP contribution in [-0.2, 0) is 14.3 Å². The molecule has 21 heavy (non-hydrogen) atoms. The Hall–Kier alpha value is -2.30. The molecule has 2 rings (SSSR count). The molecular formula is C16H19NO4. The predicted octanol–water partition coefficient (Wildman–Crippen LogP) is 2.35. The minimum absolute atomic E-state index is 0.198. The van der Waals surface area contributed by atoms with Gasteiger partial charge in [-0.15, -0.1) is 0 Å². The van der Waals surface area contributed by atoms with Gasteiger partial charge in [0.15, 0.2) is 0 Å². The maximum absolute atomic E-state index is 11.2. The van der Waals surface area contributed by atoms with E-state index in [0.717, 1.165) is 18.5 Å². The Labute approximate surface area is 124 Å². The van der Waals surface area contributed by atoms with Gasteiger partial charge >= 0.3 is 5.97 Å². The van der Waals surface area contributed by atoms with Crippen LogP contribution < -0.4 is 4.74 Å². The maximum Gasteiger partial charge on any atom is 0.333 e. The molecule has 1 aliphatic rings. The second kappa shape index (κ2) is 7.47. The van der Waals surface area contributed by atoms with Gasteiger partial charge in [0.25, 0.3) is 0 Å². The summed E-state index contributed by atoms with van der Waals surface area (Å²) in [6.07, 6.45) is 0.966. The highest BCUT2D eigenvalue weighted by atomic mass is 16.6. The fraction of sp³-hybridized carbons (Fsp3) is 0.375. The van der Waals surface area contributed by atoms with Crippen molar-refractivity contribution in [3.63, 3.8) is 0 Å². The average Bonchev–Trinajstić information content (AvgIpc) is 2.52. The highest BCUT2D eigenvalue weighted by Crippen LogP contribution is 2.14. The highest BCUT2D eigenvalue weighted by Gasteiger charge is 2.09. The maximum atomic E-state index is 11.2. The van der Waals surface area contributed by atoms with E-state index in [4.69, 9.17) is 14.2 Å². The number of ether oxygens (including phenoxy) is 3. The highest BCUT2D eigenvalue weighted by molar-refractivity contribution is 5.94. The number of rotatable bonds is 6.